The molecule has 3 nitrogen and oxygen atoms in total. The fourth-order valence-corrected chi connectivity index (χ4v) is 3.98. The van der Waals surface area contributed by atoms with Gasteiger partial charge in [0.05, 0.1) is 7.11 Å². The molecule has 2 heterocycles. The van der Waals surface area contributed by atoms with Crippen LogP contribution in [0.15, 0.2) is 60.8 Å². The van der Waals surface area contributed by atoms with E-state index in [2.05, 4.69) is 64.6 Å². The van der Waals surface area contributed by atoms with E-state index in [1.54, 1.807) is 7.11 Å². The first-order chi connectivity index (χ1) is 13.3. The minimum Gasteiger partial charge on any atom is -0.497 e. The molecular formula is C24H28N2O. The van der Waals surface area contributed by atoms with Crippen LogP contribution in [0.3, 0.4) is 0 Å². The highest BCUT2D eigenvalue weighted by Crippen LogP contribution is 2.25. The first-order valence-corrected chi connectivity index (χ1v) is 9.94. The molecule has 0 unspecified atom stereocenters. The number of nitrogens with zero attached hydrogens (tertiary/aromatic N) is 1. The van der Waals surface area contributed by atoms with Crippen molar-refractivity contribution in [2.45, 2.75) is 25.7 Å². The molecule has 3 aromatic rings. The lowest BCUT2D eigenvalue weighted by Gasteiger charge is -2.26. The molecule has 1 N–H and O–H groups in total. The summed E-state index contributed by atoms with van der Waals surface area (Å²) < 4.78 is 5.30. The summed E-state index contributed by atoms with van der Waals surface area (Å²) >= 11 is 0. The van der Waals surface area contributed by atoms with Crippen molar-refractivity contribution in [3.05, 3.63) is 71.9 Å². The predicted molar refractivity (Wildman–Crippen MR) is 113 cm³/mol. The maximum absolute atomic E-state index is 5.30. The largest absolute Gasteiger partial charge is 0.497 e. The summed E-state index contributed by atoms with van der Waals surface area (Å²) in [6.45, 7) is 3.44. The van der Waals surface area contributed by atoms with Gasteiger partial charge in [0.1, 0.15) is 5.75 Å². The number of ether oxygens (including phenoxy) is 1. The summed E-state index contributed by atoms with van der Waals surface area (Å²) in [6.07, 6.45) is 9.33. The van der Waals surface area contributed by atoms with Gasteiger partial charge in [0.2, 0.25) is 0 Å². The Balaban J connectivity index is 1.25. The number of aromatic amines is 1. The molecular weight excluding hydrogens is 332 g/mol. The fraction of sp³-hybridized carbons (Fsp3) is 0.333. The van der Waals surface area contributed by atoms with Crippen molar-refractivity contribution in [2.24, 2.45) is 0 Å². The SMILES string of the molecule is COc1ccc2c(CCCCN3CC=C(c4ccccc4)CC3)c[nH]c2c1. The van der Waals surface area contributed by atoms with E-state index in [-0.39, 0.29) is 0 Å². The molecule has 0 saturated heterocycles. The van der Waals surface area contributed by atoms with Gasteiger partial charge in [0.15, 0.2) is 0 Å². The number of H-pyrrole nitrogens is 1. The van der Waals surface area contributed by atoms with E-state index in [4.69, 9.17) is 4.74 Å². The number of unbranched alkanes of at least 4 members (excludes halogenated alkanes) is 1. The lowest BCUT2D eigenvalue weighted by molar-refractivity contribution is 0.295. The van der Waals surface area contributed by atoms with Crippen molar-refractivity contribution in [3.63, 3.8) is 0 Å². The Morgan fingerprint density at radius 3 is 2.74 bits per heavy atom. The Hall–Kier alpha value is -2.52. The van der Waals surface area contributed by atoms with Crippen LogP contribution in [0.1, 0.15) is 30.4 Å². The van der Waals surface area contributed by atoms with Crippen molar-refractivity contribution < 1.29 is 4.74 Å². The minimum atomic E-state index is 0.906. The van der Waals surface area contributed by atoms with Crippen molar-refractivity contribution in [2.75, 3.05) is 26.7 Å². The van der Waals surface area contributed by atoms with Crippen LogP contribution in [0.5, 0.6) is 5.75 Å². The number of aromatic nitrogens is 1. The molecule has 0 bridgehead atoms. The number of rotatable bonds is 7. The fourth-order valence-electron chi connectivity index (χ4n) is 3.98. The number of hydrogen-bond acceptors (Lipinski definition) is 2. The highest BCUT2D eigenvalue weighted by atomic mass is 16.5. The second-order valence-corrected chi connectivity index (χ2v) is 7.33. The van der Waals surface area contributed by atoms with E-state index in [0.717, 1.165) is 25.1 Å². The van der Waals surface area contributed by atoms with E-state index < -0.39 is 0 Å². The maximum atomic E-state index is 5.30. The van der Waals surface area contributed by atoms with Crippen molar-refractivity contribution in [1.82, 2.24) is 9.88 Å². The summed E-state index contributed by atoms with van der Waals surface area (Å²) in [5, 5.41) is 1.32. The topological polar surface area (TPSA) is 28.3 Å². The van der Waals surface area contributed by atoms with Gasteiger partial charge in [-0.2, -0.15) is 0 Å². The van der Waals surface area contributed by atoms with Gasteiger partial charge in [-0.25, -0.2) is 0 Å². The zero-order valence-corrected chi connectivity index (χ0v) is 16.1. The van der Waals surface area contributed by atoms with Gasteiger partial charge in [-0.1, -0.05) is 36.4 Å². The monoisotopic (exact) mass is 360 g/mol. The van der Waals surface area contributed by atoms with E-state index in [1.807, 2.05) is 6.07 Å². The Bertz CT molecular complexity index is 911. The normalized spacial score (nSPS) is 15.1. The molecule has 4 rings (SSSR count). The number of methoxy groups -OCH3 is 1. The Morgan fingerprint density at radius 2 is 1.96 bits per heavy atom. The molecule has 3 heteroatoms. The number of aryl methyl sites for hydroxylation is 1. The lowest BCUT2D eigenvalue weighted by atomic mass is 9.99. The molecule has 1 aliphatic heterocycles. The third-order valence-electron chi connectivity index (χ3n) is 5.58. The van der Waals surface area contributed by atoms with E-state index in [0.29, 0.717) is 0 Å². The van der Waals surface area contributed by atoms with Gasteiger partial charge in [0, 0.05) is 36.3 Å². The Kier molecular flexibility index (Phi) is 5.59. The number of fused-ring (bicyclic) bond motifs is 1. The summed E-state index contributed by atoms with van der Waals surface area (Å²) in [6, 6.07) is 17.1. The van der Waals surface area contributed by atoms with Gasteiger partial charge in [-0.15, -0.1) is 0 Å². The van der Waals surface area contributed by atoms with E-state index in [9.17, 15) is 0 Å². The van der Waals surface area contributed by atoms with Crippen LogP contribution in [0.25, 0.3) is 16.5 Å². The summed E-state index contributed by atoms with van der Waals surface area (Å²) in [5.41, 5.74) is 5.46. The summed E-state index contributed by atoms with van der Waals surface area (Å²) in [5.74, 6) is 0.906. The molecule has 2 aromatic carbocycles. The van der Waals surface area contributed by atoms with Gasteiger partial charge in [-0.3, -0.25) is 4.90 Å². The predicted octanol–water partition coefficient (Wildman–Crippen LogP) is 5.29. The number of nitrogens with one attached hydrogen (secondary N) is 1. The van der Waals surface area contributed by atoms with Crippen molar-refractivity contribution >= 4 is 16.5 Å². The average Bonchev–Trinajstić information content (AvgIpc) is 3.14. The first kappa shape index (κ1) is 17.9. The lowest BCUT2D eigenvalue weighted by Crippen LogP contribution is -2.29. The van der Waals surface area contributed by atoms with Gasteiger partial charge in [0.25, 0.3) is 0 Å². The first-order valence-electron chi connectivity index (χ1n) is 9.94. The third kappa shape index (κ3) is 4.25. The maximum Gasteiger partial charge on any atom is 0.120 e. The van der Waals surface area contributed by atoms with Crippen LogP contribution in [-0.2, 0) is 6.42 Å². The molecule has 27 heavy (non-hydrogen) atoms. The molecule has 0 amide bonds. The number of benzene rings is 2. The van der Waals surface area contributed by atoms with Crippen molar-refractivity contribution in [3.8, 4) is 5.75 Å². The molecule has 140 valence electrons. The molecule has 0 atom stereocenters. The highest BCUT2D eigenvalue weighted by molar-refractivity contribution is 5.84. The molecule has 0 saturated carbocycles. The Labute approximate surface area is 161 Å². The molecule has 0 fully saturated rings. The number of hydrogen-bond donors (Lipinski definition) is 1. The zero-order chi connectivity index (χ0) is 18.5. The quantitative estimate of drug-likeness (QED) is 0.580. The summed E-state index contributed by atoms with van der Waals surface area (Å²) in [4.78, 5) is 5.95. The molecule has 0 spiro atoms. The van der Waals surface area contributed by atoms with Crippen LogP contribution >= 0.6 is 0 Å². The molecule has 0 radical (unpaired) electrons. The van der Waals surface area contributed by atoms with Crippen LogP contribution in [-0.4, -0.2) is 36.6 Å². The van der Waals surface area contributed by atoms with Crippen molar-refractivity contribution in [1.29, 1.82) is 0 Å². The second-order valence-electron chi connectivity index (χ2n) is 7.33. The van der Waals surface area contributed by atoms with Gasteiger partial charge in [-0.05, 0) is 61.1 Å². The van der Waals surface area contributed by atoms with E-state index >= 15 is 0 Å². The zero-order valence-electron chi connectivity index (χ0n) is 16.1. The van der Waals surface area contributed by atoms with Crippen LogP contribution in [0.2, 0.25) is 0 Å². The smallest absolute Gasteiger partial charge is 0.120 e. The molecule has 1 aliphatic rings. The van der Waals surface area contributed by atoms with Crippen LogP contribution in [0.4, 0.5) is 0 Å². The van der Waals surface area contributed by atoms with Crippen LogP contribution < -0.4 is 4.74 Å². The summed E-state index contributed by atoms with van der Waals surface area (Å²) in [7, 11) is 1.71. The molecule has 0 aliphatic carbocycles. The minimum absolute atomic E-state index is 0.906. The standard InChI is InChI=1S/C24H28N2O/c1-27-22-10-11-23-21(18-25-24(23)17-22)9-5-6-14-26-15-12-20(13-16-26)19-7-3-2-4-8-19/h2-4,7-8,10-12,17-18,25H,5-6,9,13-16H2,1H3. The van der Waals surface area contributed by atoms with Gasteiger partial charge >= 0.3 is 0 Å². The average molecular weight is 361 g/mol. The van der Waals surface area contributed by atoms with Gasteiger partial charge < -0.3 is 9.72 Å². The molecule has 1 aromatic heterocycles. The Morgan fingerprint density at radius 1 is 1.07 bits per heavy atom. The third-order valence-corrected chi connectivity index (χ3v) is 5.58. The second kappa shape index (κ2) is 8.45. The highest BCUT2D eigenvalue weighted by Gasteiger charge is 2.12. The van der Waals surface area contributed by atoms with E-state index in [1.165, 1.54) is 53.5 Å². The van der Waals surface area contributed by atoms with Crippen LogP contribution in [0, 0.1) is 0 Å².